The summed E-state index contributed by atoms with van der Waals surface area (Å²) in [5.74, 6) is 2.24. The fraction of sp³-hybridized carbons (Fsp3) is 0.448. The molecule has 0 N–H and O–H groups in total. The highest BCUT2D eigenvalue weighted by molar-refractivity contribution is 8.00. The molecule has 216 valence electrons. The molecule has 0 saturated carbocycles. The Morgan fingerprint density at radius 1 is 1.18 bits per heavy atom. The second-order valence-electron chi connectivity index (χ2n) is 10.6. The third-order valence-electron chi connectivity index (χ3n) is 6.32. The van der Waals surface area contributed by atoms with Crippen LogP contribution in [-0.2, 0) is 11.3 Å². The van der Waals surface area contributed by atoms with E-state index in [1.54, 1.807) is 48.6 Å². The van der Waals surface area contributed by atoms with E-state index in [0.717, 1.165) is 27.1 Å². The van der Waals surface area contributed by atoms with Gasteiger partial charge < -0.3 is 23.8 Å². The zero-order valence-electron chi connectivity index (χ0n) is 23.7. The zero-order chi connectivity index (χ0) is 28.9. The highest BCUT2D eigenvalue weighted by Gasteiger charge is 2.32. The number of thiazole rings is 1. The Hall–Kier alpha value is -2.82. The highest BCUT2D eigenvalue weighted by atomic mass is 35.5. The number of nitrogens with zero attached hydrogens (tertiary/aromatic N) is 3. The first kappa shape index (κ1) is 30.1. The lowest BCUT2D eigenvalue weighted by atomic mass is 9.96. The van der Waals surface area contributed by atoms with Crippen molar-refractivity contribution in [3.63, 3.8) is 0 Å². The Labute approximate surface area is 249 Å². The molecule has 1 fully saturated rings. The van der Waals surface area contributed by atoms with Crippen LogP contribution in [0.2, 0.25) is 5.02 Å². The topological polar surface area (TPSA) is 73.4 Å². The van der Waals surface area contributed by atoms with Crippen LogP contribution in [0.4, 0.5) is 9.93 Å². The monoisotopic (exact) mass is 605 g/mol. The predicted octanol–water partition coefficient (Wildman–Crippen LogP) is 7.55. The molecule has 8 nitrogen and oxygen atoms in total. The summed E-state index contributed by atoms with van der Waals surface area (Å²) in [7, 11) is 3.29. The molecule has 40 heavy (non-hydrogen) atoms. The molecule has 1 aliphatic heterocycles. The molecule has 0 spiro atoms. The van der Waals surface area contributed by atoms with Crippen molar-refractivity contribution in [3.8, 4) is 17.2 Å². The Balaban J connectivity index is 1.43. The van der Waals surface area contributed by atoms with Gasteiger partial charge in [-0.15, -0.1) is 11.3 Å². The number of hydrogen-bond acceptors (Lipinski definition) is 9. The molecule has 1 aromatic heterocycles. The number of anilines is 1. The van der Waals surface area contributed by atoms with Crippen LogP contribution in [0.25, 0.3) is 0 Å². The Morgan fingerprint density at radius 3 is 2.60 bits per heavy atom. The van der Waals surface area contributed by atoms with Crippen molar-refractivity contribution in [2.24, 2.45) is 5.92 Å². The van der Waals surface area contributed by atoms with Crippen LogP contribution >= 0.6 is 34.9 Å². The maximum absolute atomic E-state index is 12.5. The molecule has 0 aliphatic carbocycles. The number of rotatable bonds is 9. The van der Waals surface area contributed by atoms with E-state index < -0.39 is 5.60 Å². The van der Waals surface area contributed by atoms with Gasteiger partial charge in [0.1, 0.15) is 29.0 Å². The molecule has 4 rings (SSSR count). The van der Waals surface area contributed by atoms with Crippen molar-refractivity contribution in [3.05, 3.63) is 58.6 Å². The second kappa shape index (κ2) is 13.2. The number of ether oxygens (including phenoxy) is 4. The summed E-state index contributed by atoms with van der Waals surface area (Å²) < 4.78 is 24.9. The van der Waals surface area contributed by atoms with Crippen LogP contribution in [0.3, 0.4) is 0 Å². The van der Waals surface area contributed by atoms with Crippen molar-refractivity contribution < 1.29 is 23.7 Å². The van der Waals surface area contributed by atoms with Gasteiger partial charge in [0.2, 0.25) is 0 Å². The molecule has 1 amide bonds. The first-order valence-corrected chi connectivity index (χ1v) is 15.1. The molecule has 11 heteroatoms. The van der Waals surface area contributed by atoms with Gasteiger partial charge in [0.25, 0.3) is 0 Å². The lowest BCUT2D eigenvalue weighted by molar-refractivity contribution is 0.000366. The van der Waals surface area contributed by atoms with E-state index in [-0.39, 0.29) is 18.1 Å². The van der Waals surface area contributed by atoms with E-state index >= 15 is 0 Å². The third kappa shape index (κ3) is 7.89. The minimum atomic E-state index is -0.517. The third-order valence-corrected chi connectivity index (χ3v) is 8.51. The van der Waals surface area contributed by atoms with Crippen LogP contribution in [0, 0.1) is 5.92 Å². The molecule has 1 saturated heterocycles. The van der Waals surface area contributed by atoms with Gasteiger partial charge >= 0.3 is 6.09 Å². The molecule has 0 radical (unpaired) electrons. The molecule has 3 aromatic rings. The first-order valence-electron chi connectivity index (χ1n) is 13.1. The van der Waals surface area contributed by atoms with Gasteiger partial charge in [-0.25, -0.2) is 9.78 Å². The number of aromatic nitrogens is 1. The maximum Gasteiger partial charge on any atom is 0.410 e. The molecular formula is C29H36ClN3O5S2. The SMILES string of the molecule is COc1ccc(CN(Sc2ccc(O[C@@H]3CCN(C(=O)OC(C)(C)C)CC3C)c(Cl)c2)c2nccs2)c(OC)c1. The summed E-state index contributed by atoms with van der Waals surface area (Å²) in [6.07, 6.45) is 2.16. The van der Waals surface area contributed by atoms with Gasteiger partial charge in [-0.3, -0.25) is 4.31 Å². The van der Waals surface area contributed by atoms with Gasteiger partial charge in [0.15, 0.2) is 5.13 Å². The summed E-state index contributed by atoms with van der Waals surface area (Å²) in [6.45, 7) is 9.42. The fourth-order valence-electron chi connectivity index (χ4n) is 4.33. The van der Waals surface area contributed by atoms with E-state index in [4.69, 9.17) is 30.5 Å². The fourth-order valence-corrected chi connectivity index (χ4v) is 6.29. The molecule has 0 bridgehead atoms. The zero-order valence-corrected chi connectivity index (χ0v) is 26.1. The number of hydrogen-bond donors (Lipinski definition) is 0. The Kier molecular flexibility index (Phi) is 9.97. The number of halogens is 1. The largest absolute Gasteiger partial charge is 0.497 e. The maximum atomic E-state index is 12.5. The smallest absolute Gasteiger partial charge is 0.410 e. The quantitative estimate of drug-likeness (QED) is 0.231. The summed E-state index contributed by atoms with van der Waals surface area (Å²) in [5.41, 5.74) is 0.486. The molecule has 2 atom stereocenters. The minimum Gasteiger partial charge on any atom is -0.497 e. The standard InChI is InChI=1S/C29H36ClN3O5S2/c1-19-17-32(28(34)38-29(2,3)4)13-11-24(19)37-25-10-9-22(16-23(25)30)40-33(27-31-12-14-39-27)18-20-7-8-21(35-5)15-26(20)36-6/h7-10,12,14-16,19,24H,11,13,17-18H2,1-6H3/t19?,24-/m1/s1. The normalized spacial score (nSPS) is 17.3. The number of benzene rings is 2. The number of piperidine rings is 1. The highest BCUT2D eigenvalue weighted by Crippen LogP contribution is 2.38. The lowest BCUT2D eigenvalue weighted by Crippen LogP contribution is -2.48. The number of carbonyl (C=O) groups excluding carboxylic acids is 1. The van der Waals surface area contributed by atoms with Crippen LogP contribution in [-0.4, -0.2) is 55.0 Å². The average molecular weight is 606 g/mol. The Morgan fingerprint density at radius 2 is 1.98 bits per heavy atom. The summed E-state index contributed by atoms with van der Waals surface area (Å²) in [5, 5.41) is 3.35. The van der Waals surface area contributed by atoms with E-state index in [9.17, 15) is 4.79 Å². The summed E-state index contributed by atoms with van der Waals surface area (Å²) in [6, 6.07) is 11.6. The van der Waals surface area contributed by atoms with Gasteiger partial charge in [0, 0.05) is 53.5 Å². The molecule has 1 aliphatic rings. The predicted molar refractivity (Wildman–Crippen MR) is 161 cm³/mol. The first-order chi connectivity index (χ1) is 19.1. The van der Waals surface area contributed by atoms with Gasteiger partial charge in [0.05, 0.1) is 25.8 Å². The van der Waals surface area contributed by atoms with Gasteiger partial charge in [-0.1, -0.05) is 18.5 Å². The van der Waals surface area contributed by atoms with Crippen LogP contribution in [0.1, 0.15) is 39.7 Å². The number of amides is 1. The van der Waals surface area contributed by atoms with E-state index in [1.165, 1.54) is 0 Å². The second-order valence-corrected chi connectivity index (χ2v) is 12.9. The molecule has 2 aromatic carbocycles. The number of methoxy groups -OCH3 is 2. The van der Waals surface area contributed by atoms with Crippen LogP contribution in [0.5, 0.6) is 17.2 Å². The van der Waals surface area contributed by atoms with Gasteiger partial charge in [-0.05, 0) is 63.1 Å². The molecule has 1 unspecified atom stereocenters. The van der Waals surface area contributed by atoms with Crippen molar-refractivity contribution in [2.75, 3.05) is 31.6 Å². The number of likely N-dealkylation sites (tertiary alicyclic amines) is 1. The van der Waals surface area contributed by atoms with Crippen molar-refractivity contribution in [1.82, 2.24) is 9.88 Å². The lowest BCUT2D eigenvalue weighted by Gasteiger charge is -2.37. The van der Waals surface area contributed by atoms with Crippen LogP contribution < -0.4 is 18.5 Å². The van der Waals surface area contributed by atoms with Crippen molar-refractivity contribution in [2.45, 2.75) is 57.3 Å². The van der Waals surface area contributed by atoms with Crippen molar-refractivity contribution >= 4 is 46.1 Å². The van der Waals surface area contributed by atoms with Gasteiger partial charge in [-0.2, -0.15) is 0 Å². The van der Waals surface area contributed by atoms with E-state index in [2.05, 4.69) is 16.2 Å². The molecule has 2 heterocycles. The summed E-state index contributed by atoms with van der Waals surface area (Å²) >= 11 is 9.81. The minimum absolute atomic E-state index is 0.0518. The Bertz CT molecular complexity index is 1290. The average Bonchev–Trinajstić information content (AvgIpc) is 3.45. The number of carbonyl (C=O) groups is 1. The van der Waals surface area contributed by atoms with E-state index in [0.29, 0.717) is 36.8 Å². The van der Waals surface area contributed by atoms with E-state index in [1.807, 2.05) is 62.5 Å². The van der Waals surface area contributed by atoms with Crippen LogP contribution in [0.15, 0.2) is 52.9 Å². The van der Waals surface area contributed by atoms with Crippen molar-refractivity contribution in [1.29, 1.82) is 0 Å². The molecular weight excluding hydrogens is 570 g/mol. The summed E-state index contributed by atoms with van der Waals surface area (Å²) in [4.78, 5) is 19.7.